The summed E-state index contributed by atoms with van der Waals surface area (Å²) < 4.78 is 0. The van der Waals surface area contributed by atoms with E-state index in [4.69, 9.17) is 0 Å². The molecule has 5 aliphatic rings. The third kappa shape index (κ3) is 2.93. The van der Waals surface area contributed by atoms with Crippen LogP contribution in [0.5, 0.6) is 0 Å². The molecule has 0 N–H and O–H groups in total. The fourth-order valence-electron chi connectivity index (χ4n) is 9.23. The Morgan fingerprint density at radius 1 is 0.634 bits per heavy atom. The van der Waals surface area contributed by atoms with Gasteiger partial charge in [-0.25, -0.2) is 0 Å². The molecule has 0 nitrogen and oxygen atoms in total. The van der Waals surface area contributed by atoms with Gasteiger partial charge in [0.05, 0.1) is 0 Å². The van der Waals surface area contributed by atoms with Gasteiger partial charge in [0.25, 0.3) is 0 Å². The summed E-state index contributed by atoms with van der Waals surface area (Å²) in [5.41, 5.74) is 13.1. The Hall–Kier alpha value is -3.81. The lowest BCUT2D eigenvalue weighted by molar-refractivity contribution is 0.355. The van der Waals surface area contributed by atoms with Crippen LogP contribution < -0.4 is 0 Å². The van der Waals surface area contributed by atoms with E-state index in [1.54, 1.807) is 11.1 Å². The number of hydrogen-bond donors (Lipinski definition) is 0. The van der Waals surface area contributed by atoms with Gasteiger partial charge in [0, 0.05) is 38.7 Å². The first kappa shape index (κ1) is 23.9. The molecular weight excluding hydrogens is 513 g/mol. The minimum Gasteiger partial charge on any atom is -0.117 e. The van der Waals surface area contributed by atoms with Crippen molar-refractivity contribution in [2.75, 3.05) is 0 Å². The minimum atomic E-state index is -0.279. The van der Waals surface area contributed by atoms with Crippen LogP contribution in [0.3, 0.4) is 0 Å². The normalized spacial score (nSPS) is 27.2. The van der Waals surface area contributed by atoms with E-state index in [0.29, 0.717) is 23.0 Å². The third-order valence-electron chi connectivity index (χ3n) is 10.6. The highest BCUT2D eigenvalue weighted by molar-refractivity contribution is 8.00. The van der Waals surface area contributed by atoms with Crippen LogP contribution in [-0.4, -0.2) is 5.25 Å². The number of allylic oxidation sites excluding steroid dienone is 7. The van der Waals surface area contributed by atoms with Crippen molar-refractivity contribution in [3.63, 3.8) is 0 Å². The Bertz CT molecular complexity index is 1810. The molecule has 1 heteroatoms. The molecule has 0 bridgehead atoms. The van der Waals surface area contributed by atoms with Crippen LogP contribution in [0.25, 0.3) is 5.57 Å². The van der Waals surface area contributed by atoms with Gasteiger partial charge in [-0.15, -0.1) is 11.8 Å². The molecule has 4 aliphatic carbocycles. The van der Waals surface area contributed by atoms with Crippen LogP contribution in [0.4, 0.5) is 0 Å². The van der Waals surface area contributed by atoms with E-state index in [-0.39, 0.29) is 10.8 Å². The fraction of sp³-hybridized carbons (Fsp3) is 0.200. The average molecular weight is 545 g/mol. The predicted octanol–water partition coefficient (Wildman–Crippen LogP) is 9.66. The van der Waals surface area contributed by atoms with Gasteiger partial charge in [-0.2, -0.15) is 0 Å². The second-order valence-electron chi connectivity index (χ2n) is 12.7. The summed E-state index contributed by atoms with van der Waals surface area (Å²) in [6.45, 7) is 4.95. The molecule has 0 aromatic heterocycles. The lowest BCUT2D eigenvalue weighted by atomic mass is 9.54. The van der Waals surface area contributed by atoms with Crippen molar-refractivity contribution in [3.05, 3.63) is 178 Å². The number of thioether (sulfide) groups is 1. The molecule has 0 radical (unpaired) electrons. The van der Waals surface area contributed by atoms with Crippen molar-refractivity contribution >= 4 is 17.3 Å². The molecule has 4 atom stereocenters. The van der Waals surface area contributed by atoms with Crippen molar-refractivity contribution in [2.45, 2.75) is 40.7 Å². The predicted molar refractivity (Wildman–Crippen MR) is 171 cm³/mol. The first-order valence-electron chi connectivity index (χ1n) is 14.9. The molecule has 0 amide bonds. The SMILES string of the molecule is CC1(C)C2=C(C=CC3C4=C(C5c6ccccc6SC5C=C4)C(c4ccccc4)(c4ccccc4)C23)c2ccccc21. The molecule has 4 aromatic rings. The van der Waals surface area contributed by atoms with Crippen LogP contribution in [0.1, 0.15) is 47.6 Å². The largest absolute Gasteiger partial charge is 0.117 e. The molecule has 1 heterocycles. The fourth-order valence-corrected chi connectivity index (χ4v) is 10.6. The molecule has 0 fully saturated rings. The summed E-state index contributed by atoms with van der Waals surface area (Å²) in [6.07, 6.45) is 10.1. The Kier molecular flexibility index (Phi) is 4.87. The zero-order valence-corrected chi connectivity index (χ0v) is 24.2. The van der Waals surface area contributed by atoms with Crippen molar-refractivity contribution in [1.82, 2.24) is 0 Å². The standard InChI is InChI=1S/C40H32S/c1-39(2)32-19-11-9-17-27(32)28-21-22-30-29-23-24-34-35(31-18-10-12-20-33(31)41-34)36(29)40(38(30)37(28)39,25-13-5-3-6-14-25)26-15-7-4-8-16-26/h3-24,30,34-35,38H,1-2H3. The van der Waals surface area contributed by atoms with Gasteiger partial charge in [-0.1, -0.05) is 141 Å². The first-order chi connectivity index (χ1) is 20.1. The molecule has 41 heavy (non-hydrogen) atoms. The van der Waals surface area contributed by atoms with E-state index >= 15 is 0 Å². The van der Waals surface area contributed by atoms with E-state index in [2.05, 4.69) is 159 Å². The molecule has 0 saturated carbocycles. The summed E-state index contributed by atoms with van der Waals surface area (Å²) in [6, 6.07) is 41.3. The molecule has 9 rings (SSSR count). The molecule has 4 unspecified atom stereocenters. The van der Waals surface area contributed by atoms with Crippen molar-refractivity contribution in [3.8, 4) is 0 Å². The first-order valence-corrected chi connectivity index (χ1v) is 15.8. The number of benzene rings is 4. The highest BCUT2D eigenvalue weighted by Crippen LogP contribution is 2.70. The zero-order valence-electron chi connectivity index (χ0n) is 23.4. The second-order valence-corrected chi connectivity index (χ2v) is 13.9. The Morgan fingerprint density at radius 3 is 2.05 bits per heavy atom. The van der Waals surface area contributed by atoms with E-state index in [0.717, 1.165) is 0 Å². The van der Waals surface area contributed by atoms with Crippen LogP contribution in [0, 0.1) is 11.8 Å². The smallest absolute Gasteiger partial charge is 0.0498 e. The van der Waals surface area contributed by atoms with Crippen molar-refractivity contribution in [2.24, 2.45) is 11.8 Å². The van der Waals surface area contributed by atoms with Gasteiger partial charge in [-0.3, -0.25) is 0 Å². The van der Waals surface area contributed by atoms with Crippen LogP contribution in [0.2, 0.25) is 0 Å². The van der Waals surface area contributed by atoms with Crippen LogP contribution in [0.15, 0.2) is 155 Å². The second kappa shape index (κ2) is 8.37. The van der Waals surface area contributed by atoms with Gasteiger partial charge >= 0.3 is 0 Å². The number of fused-ring (bicyclic) bond motifs is 9. The Labute approximate surface area is 247 Å². The summed E-state index contributed by atoms with van der Waals surface area (Å²) in [5, 5.41) is 0.421. The van der Waals surface area contributed by atoms with E-state index in [9.17, 15) is 0 Å². The summed E-state index contributed by atoms with van der Waals surface area (Å²) >= 11 is 2.05. The summed E-state index contributed by atoms with van der Waals surface area (Å²) in [5.74, 6) is 0.972. The van der Waals surface area contributed by atoms with E-state index in [1.807, 2.05) is 0 Å². The van der Waals surface area contributed by atoms with Crippen LogP contribution in [-0.2, 0) is 10.8 Å². The molecule has 0 spiro atoms. The van der Waals surface area contributed by atoms with Crippen molar-refractivity contribution in [1.29, 1.82) is 0 Å². The van der Waals surface area contributed by atoms with E-state index in [1.165, 1.54) is 43.9 Å². The van der Waals surface area contributed by atoms with Crippen LogP contribution >= 0.6 is 11.8 Å². The van der Waals surface area contributed by atoms with Crippen molar-refractivity contribution < 1.29 is 0 Å². The maximum absolute atomic E-state index is 2.56. The number of rotatable bonds is 2. The van der Waals surface area contributed by atoms with Gasteiger partial charge in [-0.05, 0) is 56.2 Å². The summed E-state index contributed by atoms with van der Waals surface area (Å²) in [7, 11) is 0. The third-order valence-corrected chi connectivity index (χ3v) is 12.0. The molecule has 4 aromatic carbocycles. The number of hydrogen-bond acceptors (Lipinski definition) is 1. The topological polar surface area (TPSA) is 0 Å². The molecule has 0 saturated heterocycles. The summed E-state index contributed by atoms with van der Waals surface area (Å²) in [4.78, 5) is 1.44. The zero-order chi connectivity index (χ0) is 27.3. The van der Waals surface area contributed by atoms with E-state index < -0.39 is 0 Å². The van der Waals surface area contributed by atoms with Gasteiger partial charge in [0.2, 0.25) is 0 Å². The molecule has 198 valence electrons. The van der Waals surface area contributed by atoms with Gasteiger partial charge in [0.1, 0.15) is 0 Å². The highest BCUT2D eigenvalue weighted by atomic mass is 32.2. The van der Waals surface area contributed by atoms with Gasteiger partial charge in [0.15, 0.2) is 0 Å². The Balaban J connectivity index is 1.41. The minimum absolute atomic E-state index is 0.0610. The molecule has 1 aliphatic heterocycles. The Morgan fingerprint density at radius 2 is 1.29 bits per heavy atom. The lowest BCUT2D eigenvalue weighted by Crippen LogP contribution is -2.43. The lowest BCUT2D eigenvalue weighted by Gasteiger charge is -2.47. The maximum Gasteiger partial charge on any atom is 0.0498 e. The maximum atomic E-state index is 2.56. The average Bonchev–Trinajstić information content (AvgIpc) is 3.62. The monoisotopic (exact) mass is 544 g/mol. The quantitative estimate of drug-likeness (QED) is 0.242. The highest BCUT2D eigenvalue weighted by Gasteiger charge is 2.63. The van der Waals surface area contributed by atoms with Gasteiger partial charge < -0.3 is 0 Å². The molecular formula is C40H32S.